The summed E-state index contributed by atoms with van der Waals surface area (Å²) in [5, 5.41) is 17.5. The van der Waals surface area contributed by atoms with Gasteiger partial charge in [-0.3, -0.25) is 0 Å². The van der Waals surface area contributed by atoms with Crippen molar-refractivity contribution in [3.8, 4) is 6.07 Å². The average Bonchev–Trinajstić information content (AvgIpc) is 2.96. The second-order valence-electron chi connectivity index (χ2n) is 5.67. The second-order valence-corrected chi connectivity index (χ2v) is 5.67. The highest BCUT2D eigenvalue weighted by Crippen LogP contribution is 2.37. The lowest BCUT2D eigenvalue weighted by Gasteiger charge is -2.21. The molecule has 4 nitrogen and oxygen atoms in total. The minimum Gasteiger partial charge on any atom is -0.246 e. The van der Waals surface area contributed by atoms with Gasteiger partial charge in [-0.1, -0.05) is 31.9 Å². The van der Waals surface area contributed by atoms with Crippen LogP contribution in [0.1, 0.15) is 69.8 Å². The first-order chi connectivity index (χ1) is 8.65. The van der Waals surface area contributed by atoms with Gasteiger partial charge in [0.2, 0.25) is 0 Å². The molecule has 0 saturated heterocycles. The van der Waals surface area contributed by atoms with E-state index in [4.69, 9.17) is 5.26 Å². The fourth-order valence-electron chi connectivity index (χ4n) is 2.74. The highest BCUT2D eigenvalue weighted by Gasteiger charge is 2.27. The maximum Gasteiger partial charge on any atom is 0.100 e. The van der Waals surface area contributed by atoms with Crippen molar-refractivity contribution >= 4 is 0 Å². The van der Waals surface area contributed by atoms with Crippen LogP contribution in [-0.4, -0.2) is 15.0 Å². The molecule has 1 aliphatic rings. The summed E-state index contributed by atoms with van der Waals surface area (Å²) in [6.07, 6.45) is 5.40. The van der Waals surface area contributed by atoms with Gasteiger partial charge in [-0.05, 0) is 25.7 Å². The number of aromatic nitrogens is 3. The van der Waals surface area contributed by atoms with Crippen LogP contribution >= 0.6 is 0 Å². The van der Waals surface area contributed by atoms with Crippen LogP contribution in [0.4, 0.5) is 0 Å². The zero-order valence-corrected chi connectivity index (χ0v) is 11.6. The lowest BCUT2D eigenvalue weighted by molar-refractivity contribution is 0.351. The van der Waals surface area contributed by atoms with Crippen molar-refractivity contribution in [1.29, 1.82) is 5.26 Å². The van der Waals surface area contributed by atoms with Gasteiger partial charge in [-0.15, -0.1) is 5.10 Å². The highest BCUT2D eigenvalue weighted by atomic mass is 15.4. The molecule has 2 rings (SSSR count). The molecule has 1 saturated carbocycles. The van der Waals surface area contributed by atoms with Crippen molar-refractivity contribution in [2.75, 3.05) is 0 Å². The molecule has 1 aromatic heterocycles. The van der Waals surface area contributed by atoms with Gasteiger partial charge in [-0.2, -0.15) is 5.26 Å². The molecule has 0 aromatic carbocycles. The lowest BCUT2D eigenvalue weighted by Crippen LogP contribution is -2.17. The summed E-state index contributed by atoms with van der Waals surface area (Å²) in [5.41, 5.74) is 2.13. The first-order valence-corrected chi connectivity index (χ1v) is 6.96. The number of hydrogen-bond acceptors (Lipinski definition) is 3. The van der Waals surface area contributed by atoms with E-state index in [1.165, 1.54) is 31.4 Å². The van der Waals surface area contributed by atoms with E-state index in [-0.39, 0.29) is 0 Å². The van der Waals surface area contributed by atoms with Crippen LogP contribution in [0.25, 0.3) is 0 Å². The largest absolute Gasteiger partial charge is 0.246 e. The third-order valence-electron chi connectivity index (χ3n) is 4.14. The van der Waals surface area contributed by atoms with Crippen molar-refractivity contribution < 1.29 is 0 Å². The number of nitrogens with zero attached hydrogens (tertiary/aromatic N) is 4. The Morgan fingerprint density at radius 1 is 1.33 bits per heavy atom. The molecular formula is C14H22N4. The van der Waals surface area contributed by atoms with Crippen LogP contribution in [0, 0.1) is 17.2 Å². The Bertz CT molecular complexity index is 435. The molecule has 1 aromatic rings. The molecule has 1 aliphatic carbocycles. The van der Waals surface area contributed by atoms with Gasteiger partial charge in [0.15, 0.2) is 0 Å². The van der Waals surface area contributed by atoms with Crippen LogP contribution in [0.5, 0.6) is 0 Å². The van der Waals surface area contributed by atoms with Crippen LogP contribution < -0.4 is 0 Å². The SMILES string of the molecule is CC(C)C(C)n1nnc(CC#N)c1C1CCCC1. The zero-order valence-electron chi connectivity index (χ0n) is 11.6. The molecule has 0 radical (unpaired) electrons. The zero-order chi connectivity index (χ0) is 13.1. The Hall–Kier alpha value is -1.37. The second kappa shape index (κ2) is 5.51. The predicted octanol–water partition coefficient (Wildman–Crippen LogP) is 3.22. The maximum absolute atomic E-state index is 8.92. The van der Waals surface area contributed by atoms with Gasteiger partial charge in [0.05, 0.1) is 24.2 Å². The molecule has 0 aliphatic heterocycles. The molecule has 0 bridgehead atoms. The highest BCUT2D eigenvalue weighted by molar-refractivity contribution is 5.20. The molecule has 0 amide bonds. The molecule has 98 valence electrons. The summed E-state index contributed by atoms with van der Waals surface area (Å²) in [6, 6.07) is 2.56. The molecular weight excluding hydrogens is 224 g/mol. The Kier molecular flexibility index (Phi) is 4.00. The van der Waals surface area contributed by atoms with E-state index in [9.17, 15) is 0 Å². The summed E-state index contributed by atoms with van der Waals surface area (Å²) in [5.74, 6) is 1.09. The van der Waals surface area contributed by atoms with E-state index >= 15 is 0 Å². The number of nitriles is 1. The Morgan fingerprint density at radius 3 is 2.56 bits per heavy atom. The normalized spacial score (nSPS) is 18.2. The van der Waals surface area contributed by atoms with E-state index in [1.54, 1.807) is 0 Å². The summed E-state index contributed by atoms with van der Waals surface area (Å²) in [7, 11) is 0. The lowest BCUT2D eigenvalue weighted by atomic mass is 9.98. The summed E-state index contributed by atoms with van der Waals surface area (Å²) in [4.78, 5) is 0. The predicted molar refractivity (Wildman–Crippen MR) is 70.1 cm³/mol. The van der Waals surface area contributed by atoms with Crippen LogP contribution in [0.15, 0.2) is 0 Å². The van der Waals surface area contributed by atoms with Crippen LogP contribution in [0.3, 0.4) is 0 Å². The summed E-state index contributed by atoms with van der Waals surface area (Å²) >= 11 is 0. The van der Waals surface area contributed by atoms with E-state index in [1.807, 2.05) is 0 Å². The van der Waals surface area contributed by atoms with Gasteiger partial charge < -0.3 is 0 Å². The van der Waals surface area contributed by atoms with E-state index in [0.29, 0.717) is 24.3 Å². The Balaban J connectivity index is 2.37. The third-order valence-corrected chi connectivity index (χ3v) is 4.14. The van der Waals surface area contributed by atoms with Gasteiger partial charge in [-0.25, -0.2) is 4.68 Å². The monoisotopic (exact) mass is 246 g/mol. The van der Waals surface area contributed by atoms with E-state index in [2.05, 4.69) is 41.8 Å². The van der Waals surface area contributed by atoms with E-state index in [0.717, 1.165) is 5.69 Å². The number of rotatable bonds is 4. The maximum atomic E-state index is 8.92. The molecule has 1 fully saturated rings. The fraction of sp³-hybridized carbons (Fsp3) is 0.786. The van der Waals surface area contributed by atoms with Gasteiger partial charge >= 0.3 is 0 Å². The molecule has 4 heteroatoms. The smallest absolute Gasteiger partial charge is 0.100 e. The quantitative estimate of drug-likeness (QED) is 0.819. The summed E-state index contributed by atoms with van der Waals surface area (Å²) in [6.45, 7) is 6.59. The molecule has 1 heterocycles. The minimum atomic E-state index is 0.348. The first kappa shape index (κ1) is 13.1. The Morgan fingerprint density at radius 2 is 2.00 bits per heavy atom. The molecule has 18 heavy (non-hydrogen) atoms. The fourth-order valence-corrected chi connectivity index (χ4v) is 2.74. The molecule has 0 spiro atoms. The van der Waals surface area contributed by atoms with Crippen molar-refractivity contribution in [1.82, 2.24) is 15.0 Å². The number of hydrogen-bond donors (Lipinski definition) is 0. The van der Waals surface area contributed by atoms with Gasteiger partial charge in [0.1, 0.15) is 5.69 Å². The van der Waals surface area contributed by atoms with Crippen LogP contribution in [-0.2, 0) is 6.42 Å². The molecule has 1 unspecified atom stereocenters. The van der Waals surface area contributed by atoms with Crippen molar-refractivity contribution in [2.24, 2.45) is 5.92 Å². The van der Waals surface area contributed by atoms with Gasteiger partial charge in [0.25, 0.3) is 0 Å². The van der Waals surface area contributed by atoms with Crippen molar-refractivity contribution in [3.63, 3.8) is 0 Å². The topological polar surface area (TPSA) is 54.5 Å². The van der Waals surface area contributed by atoms with Crippen molar-refractivity contribution in [3.05, 3.63) is 11.4 Å². The molecule has 1 atom stereocenters. The Labute approximate surface area is 109 Å². The molecule has 0 N–H and O–H groups in total. The summed E-state index contributed by atoms with van der Waals surface area (Å²) < 4.78 is 2.08. The van der Waals surface area contributed by atoms with Gasteiger partial charge in [0, 0.05) is 5.92 Å². The van der Waals surface area contributed by atoms with Crippen molar-refractivity contribution in [2.45, 2.75) is 64.8 Å². The van der Waals surface area contributed by atoms with Crippen LogP contribution in [0.2, 0.25) is 0 Å². The standard InChI is InChI=1S/C14H22N4/c1-10(2)11(3)18-14(12-6-4-5-7-12)13(8-9-15)16-17-18/h10-12H,4-8H2,1-3H3. The average molecular weight is 246 g/mol. The third kappa shape index (κ3) is 2.40. The first-order valence-electron chi connectivity index (χ1n) is 6.96. The van der Waals surface area contributed by atoms with E-state index < -0.39 is 0 Å². The minimum absolute atomic E-state index is 0.348.